The SMILES string of the molecule is CCCCNC(=O)[C@@H]1CCc2sc(C(=O)N3CCCCCC3)cc2C1. The zero-order valence-electron chi connectivity index (χ0n) is 15.3. The lowest BCUT2D eigenvalue weighted by Crippen LogP contribution is -2.34. The van der Waals surface area contributed by atoms with Crippen LogP contribution < -0.4 is 5.32 Å². The molecule has 2 aliphatic rings. The van der Waals surface area contributed by atoms with Gasteiger partial charge in [0.15, 0.2) is 0 Å². The number of amides is 2. The van der Waals surface area contributed by atoms with E-state index in [2.05, 4.69) is 18.3 Å². The molecule has 1 aromatic rings. The van der Waals surface area contributed by atoms with Crippen LogP contribution >= 0.6 is 11.3 Å². The maximum absolute atomic E-state index is 12.8. The molecule has 0 aromatic carbocycles. The van der Waals surface area contributed by atoms with E-state index >= 15 is 0 Å². The van der Waals surface area contributed by atoms with Crippen molar-refractivity contribution >= 4 is 23.2 Å². The zero-order valence-corrected chi connectivity index (χ0v) is 16.1. The number of aryl methyl sites for hydroxylation is 1. The van der Waals surface area contributed by atoms with Crippen molar-refractivity contribution < 1.29 is 9.59 Å². The van der Waals surface area contributed by atoms with E-state index in [9.17, 15) is 9.59 Å². The fraction of sp³-hybridized carbons (Fsp3) is 0.700. The lowest BCUT2D eigenvalue weighted by molar-refractivity contribution is -0.125. The van der Waals surface area contributed by atoms with E-state index in [1.54, 1.807) is 11.3 Å². The number of likely N-dealkylation sites (tertiary alicyclic amines) is 1. The van der Waals surface area contributed by atoms with Crippen molar-refractivity contribution in [2.75, 3.05) is 19.6 Å². The van der Waals surface area contributed by atoms with Crippen molar-refractivity contribution in [1.29, 1.82) is 0 Å². The standard InChI is InChI=1S/C20H30N2O2S/c1-2-3-10-21-19(23)15-8-9-17-16(13-15)14-18(25-17)20(24)22-11-6-4-5-7-12-22/h14-15H,2-13H2,1H3,(H,21,23)/t15-/m1/s1. The van der Waals surface area contributed by atoms with Gasteiger partial charge in [-0.05, 0) is 50.2 Å². The number of nitrogens with one attached hydrogen (secondary N) is 1. The Morgan fingerprint density at radius 3 is 2.72 bits per heavy atom. The molecular weight excluding hydrogens is 332 g/mol. The van der Waals surface area contributed by atoms with Gasteiger partial charge in [0.25, 0.3) is 5.91 Å². The van der Waals surface area contributed by atoms with Crippen molar-refractivity contribution in [2.24, 2.45) is 5.92 Å². The van der Waals surface area contributed by atoms with E-state index in [0.29, 0.717) is 0 Å². The van der Waals surface area contributed by atoms with Crippen LogP contribution in [-0.2, 0) is 17.6 Å². The minimum atomic E-state index is 0.0695. The Morgan fingerprint density at radius 1 is 1.24 bits per heavy atom. The molecule has 1 atom stereocenters. The number of thiophene rings is 1. The second-order valence-electron chi connectivity index (χ2n) is 7.35. The predicted octanol–water partition coefficient (Wildman–Crippen LogP) is 3.79. The number of hydrogen-bond acceptors (Lipinski definition) is 3. The van der Waals surface area contributed by atoms with Gasteiger partial charge in [0.2, 0.25) is 5.91 Å². The van der Waals surface area contributed by atoms with Gasteiger partial charge in [-0.3, -0.25) is 9.59 Å². The smallest absolute Gasteiger partial charge is 0.263 e. The Labute approximate surface area is 155 Å². The van der Waals surface area contributed by atoms with Crippen LogP contribution in [0, 0.1) is 5.92 Å². The van der Waals surface area contributed by atoms with Gasteiger partial charge in [-0.15, -0.1) is 11.3 Å². The topological polar surface area (TPSA) is 49.4 Å². The van der Waals surface area contributed by atoms with Crippen LogP contribution in [0.15, 0.2) is 6.07 Å². The number of rotatable bonds is 5. The average Bonchev–Trinajstić information content (AvgIpc) is 2.86. The van der Waals surface area contributed by atoms with E-state index in [-0.39, 0.29) is 17.7 Å². The highest BCUT2D eigenvalue weighted by Gasteiger charge is 2.28. The molecule has 1 aromatic heterocycles. The lowest BCUT2D eigenvalue weighted by Gasteiger charge is -2.21. The first-order chi connectivity index (χ1) is 12.2. The molecule has 0 bridgehead atoms. The lowest BCUT2D eigenvalue weighted by atomic mass is 9.87. The van der Waals surface area contributed by atoms with Crippen LogP contribution in [-0.4, -0.2) is 36.3 Å². The summed E-state index contributed by atoms with van der Waals surface area (Å²) in [5.41, 5.74) is 1.23. The largest absolute Gasteiger partial charge is 0.356 e. The molecule has 0 radical (unpaired) electrons. The first kappa shape index (κ1) is 18.4. The summed E-state index contributed by atoms with van der Waals surface area (Å²) in [6, 6.07) is 2.07. The molecule has 1 aliphatic carbocycles. The summed E-state index contributed by atoms with van der Waals surface area (Å²) in [6.07, 6.45) is 9.48. The number of nitrogens with zero attached hydrogens (tertiary/aromatic N) is 1. The van der Waals surface area contributed by atoms with Crippen molar-refractivity contribution in [3.63, 3.8) is 0 Å². The molecule has 25 heavy (non-hydrogen) atoms. The summed E-state index contributed by atoms with van der Waals surface area (Å²) in [5, 5.41) is 3.06. The monoisotopic (exact) mass is 362 g/mol. The van der Waals surface area contributed by atoms with E-state index in [1.165, 1.54) is 23.3 Å². The van der Waals surface area contributed by atoms with E-state index in [4.69, 9.17) is 0 Å². The van der Waals surface area contributed by atoms with Gasteiger partial charge in [-0.2, -0.15) is 0 Å². The molecule has 1 aliphatic heterocycles. The van der Waals surface area contributed by atoms with Crippen LogP contribution in [0.5, 0.6) is 0 Å². The van der Waals surface area contributed by atoms with Crippen molar-refractivity contribution in [3.05, 3.63) is 21.4 Å². The summed E-state index contributed by atoms with van der Waals surface area (Å²) in [6.45, 7) is 4.70. The van der Waals surface area contributed by atoms with E-state index in [0.717, 1.165) is 69.5 Å². The minimum Gasteiger partial charge on any atom is -0.356 e. The summed E-state index contributed by atoms with van der Waals surface area (Å²) in [4.78, 5) is 29.4. The Bertz CT molecular complexity index is 603. The first-order valence-corrected chi connectivity index (χ1v) is 10.7. The van der Waals surface area contributed by atoms with Crippen LogP contribution in [0.3, 0.4) is 0 Å². The molecule has 5 heteroatoms. The van der Waals surface area contributed by atoms with Crippen molar-refractivity contribution in [1.82, 2.24) is 10.2 Å². The van der Waals surface area contributed by atoms with Crippen molar-refractivity contribution in [3.8, 4) is 0 Å². The van der Waals surface area contributed by atoms with Gasteiger partial charge in [-0.1, -0.05) is 26.2 Å². The van der Waals surface area contributed by atoms with Crippen LogP contribution in [0.4, 0.5) is 0 Å². The molecule has 1 fully saturated rings. The van der Waals surface area contributed by atoms with Crippen LogP contribution in [0.25, 0.3) is 0 Å². The normalized spacial score (nSPS) is 20.7. The second kappa shape index (κ2) is 8.84. The molecule has 0 spiro atoms. The third-order valence-corrected chi connectivity index (χ3v) is 6.61. The molecule has 1 saturated heterocycles. The second-order valence-corrected chi connectivity index (χ2v) is 8.49. The van der Waals surface area contributed by atoms with E-state index in [1.807, 2.05) is 4.90 Å². The van der Waals surface area contributed by atoms with Gasteiger partial charge >= 0.3 is 0 Å². The molecule has 138 valence electrons. The fourth-order valence-corrected chi connectivity index (χ4v) is 4.99. The molecule has 2 amide bonds. The number of carbonyl (C=O) groups excluding carboxylic acids is 2. The number of carbonyl (C=O) groups is 2. The average molecular weight is 363 g/mol. The number of fused-ring (bicyclic) bond motifs is 1. The minimum absolute atomic E-state index is 0.0695. The molecule has 0 saturated carbocycles. The van der Waals surface area contributed by atoms with Gasteiger partial charge < -0.3 is 10.2 Å². The molecule has 3 rings (SSSR count). The van der Waals surface area contributed by atoms with E-state index < -0.39 is 0 Å². The summed E-state index contributed by atoms with van der Waals surface area (Å²) >= 11 is 1.66. The Balaban J connectivity index is 1.62. The first-order valence-electron chi connectivity index (χ1n) is 9.87. The maximum Gasteiger partial charge on any atom is 0.263 e. The molecule has 1 N–H and O–H groups in total. The third-order valence-electron chi connectivity index (χ3n) is 5.39. The zero-order chi connectivity index (χ0) is 17.6. The Hall–Kier alpha value is -1.36. The van der Waals surface area contributed by atoms with Gasteiger partial charge in [0.1, 0.15) is 0 Å². The summed E-state index contributed by atoms with van der Waals surface area (Å²) in [7, 11) is 0. The highest BCUT2D eigenvalue weighted by atomic mass is 32.1. The highest BCUT2D eigenvalue weighted by molar-refractivity contribution is 7.14. The molecule has 4 nitrogen and oxygen atoms in total. The van der Waals surface area contributed by atoms with Crippen LogP contribution in [0.2, 0.25) is 0 Å². The molecule has 0 unspecified atom stereocenters. The van der Waals surface area contributed by atoms with Gasteiger partial charge in [0, 0.05) is 30.4 Å². The quantitative estimate of drug-likeness (QED) is 0.810. The van der Waals surface area contributed by atoms with Crippen LogP contribution in [0.1, 0.15) is 72.0 Å². The number of hydrogen-bond donors (Lipinski definition) is 1. The Morgan fingerprint density at radius 2 is 2.00 bits per heavy atom. The fourth-order valence-electron chi connectivity index (χ4n) is 3.82. The maximum atomic E-state index is 12.8. The molecular formula is C20H30N2O2S. The summed E-state index contributed by atoms with van der Waals surface area (Å²) in [5.74, 6) is 0.455. The number of unbranched alkanes of at least 4 members (excludes halogenated alkanes) is 1. The van der Waals surface area contributed by atoms with Gasteiger partial charge in [-0.25, -0.2) is 0 Å². The summed E-state index contributed by atoms with van der Waals surface area (Å²) < 4.78 is 0. The molecule has 2 heterocycles. The third kappa shape index (κ3) is 4.63. The highest BCUT2D eigenvalue weighted by Crippen LogP contribution is 2.33. The van der Waals surface area contributed by atoms with Gasteiger partial charge in [0.05, 0.1) is 4.88 Å². The predicted molar refractivity (Wildman–Crippen MR) is 102 cm³/mol. The van der Waals surface area contributed by atoms with Crippen molar-refractivity contribution in [2.45, 2.75) is 64.7 Å². The Kier molecular flexibility index (Phi) is 6.51.